The molecule has 0 amide bonds. The molecule has 64 valence electrons. The molecule has 0 saturated carbocycles. The first kappa shape index (κ1) is 8.52. The molecule has 0 aliphatic heterocycles. The molecule has 0 aromatic carbocycles. The maximum atomic E-state index is 10.8. The Morgan fingerprint density at radius 3 is 3.08 bits per heavy atom. The Kier molecular flexibility index (Phi) is 2.63. The van der Waals surface area contributed by atoms with E-state index in [1.807, 2.05) is 0 Å². The fourth-order valence-corrected chi connectivity index (χ4v) is 0.674. The minimum absolute atomic E-state index is 0.0387. The van der Waals surface area contributed by atoms with Gasteiger partial charge in [-0.2, -0.15) is 0 Å². The van der Waals surface area contributed by atoms with E-state index in [2.05, 4.69) is 0 Å². The van der Waals surface area contributed by atoms with E-state index in [0.29, 0.717) is 6.29 Å². The second-order valence-electron chi connectivity index (χ2n) is 2.09. The molecule has 0 atom stereocenters. The van der Waals surface area contributed by atoms with Crippen molar-refractivity contribution in [1.82, 2.24) is 0 Å². The number of hydrogen-bond donors (Lipinski definition) is 0. The van der Waals surface area contributed by atoms with Crippen molar-refractivity contribution >= 4 is 12.3 Å². The van der Waals surface area contributed by atoms with Gasteiger partial charge in [0.1, 0.15) is 0 Å². The molecule has 4 nitrogen and oxygen atoms in total. The van der Waals surface area contributed by atoms with Crippen LogP contribution < -0.4 is 4.74 Å². The highest BCUT2D eigenvalue weighted by molar-refractivity contribution is 5.79. The zero-order valence-electron chi connectivity index (χ0n) is 6.57. The minimum atomic E-state index is -0.389. The Bertz CT molecular complexity index is 287. The molecule has 1 aromatic rings. The number of esters is 1. The summed E-state index contributed by atoms with van der Waals surface area (Å²) >= 11 is 0. The zero-order chi connectivity index (χ0) is 8.97. The molecule has 1 aromatic heterocycles. The minimum Gasteiger partial charge on any atom is -0.457 e. The predicted molar refractivity (Wildman–Crippen MR) is 40.0 cm³/mol. The first-order chi connectivity index (χ1) is 5.77. The number of furan rings is 1. The van der Waals surface area contributed by atoms with E-state index < -0.39 is 0 Å². The fraction of sp³-hybridized carbons (Fsp3) is 0.250. The molecule has 12 heavy (non-hydrogen) atoms. The van der Waals surface area contributed by atoms with Crippen LogP contribution in [-0.4, -0.2) is 12.3 Å². The summed E-state index contributed by atoms with van der Waals surface area (Å²) < 4.78 is 9.48. The normalized spacial score (nSPS) is 9.42. The second-order valence-corrected chi connectivity index (χ2v) is 2.09. The first-order valence-electron chi connectivity index (χ1n) is 3.51. The van der Waals surface area contributed by atoms with Crippen LogP contribution in [-0.2, 0) is 4.79 Å². The van der Waals surface area contributed by atoms with E-state index in [4.69, 9.17) is 9.15 Å². The van der Waals surface area contributed by atoms with Crippen molar-refractivity contribution in [3.8, 4) is 5.75 Å². The molecular formula is C8H8O4. The molecule has 0 fully saturated rings. The van der Waals surface area contributed by atoms with E-state index in [9.17, 15) is 9.59 Å². The molecule has 4 heteroatoms. The highest BCUT2D eigenvalue weighted by Crippen LogP contribution is 2.17. The number of carbonyl (C=O) groups excluding carboxylic acids is 2. The number of ether oxygens (including phenoxy) is 1. The van der Waals surface area contributed by atoms with Crippen molar-refractivity contribution in [1.29, 1.82) is 0 Å². The highest BCUT2D eigenvalue weighted by atomic mass is 16.5. The summed E-state index contributed by atoms with van der Waals surface area (Å²) in [6.07, 6.45) is 2.06. The van der Waals surface area contributed by atoms with Crippen LogP contribution in [0.2, 0.25) is 0 Å². The quantitative estimate of drug-likeness (QED) is 0.505. The van der Waals surface area contributed by atoms with Gasteiger partial charge in [-0.25, -0.2) is 0 Å². The van der Waals surface area contributed by atoms with Crippen LogP contribution in [0.5, 0.6) is 5.75 Å². The molecule has 0 aliphatic rings. The monoisotopic (exact) mass is 168 g/mol. The van der Waals surface area contributed by atoms with Gasteiger partial charge in [-0.05, 0) is 0 Å². The summed E-state index contributed by atoms with van der Waals surface area (Å²) in [5.41, 5.74) is 0. The lowest BCUT2D eigenvalue weighted by molar-refractivity contribution is -0.134. The standard InChI is InChI=1S/C8H8O4/c1-2-8(10)12-6-3-4-11-7(6)5-9/h3-5H,2H2,1H3. The largest absolute Gasteiger partial charge is 0.457 e. The van der Waals surface area contributed by atoms with Crippen molar-refractivity contribution in [3.05, 3.63) is 18.1 Å². The average Bonchev–Trinajstić information content (AvgIpc) is 2.51. The average molecular weight is 168 g/mol. The molecule has 0 radical (unpaired) electrons. The van der Waals surface area contributed by atoms with E-state index >= 15 is 0 Å². The van der Waals surface area contributed by atoms with Gasteiger partial charge in [-0.15, -0.1) is 0 Å². The second kappa shape index (κ2) is 3.71. The molecule has 0 aliphatic carbocycles. The lowest BCUT2D eigenvalue weighted by Crippen LogP contribution is -2.05. The van der Waals surface area contributed by atoms with Crippen LogP contribution >= 0.6 is 0 Å². The molecule has 0 N–H and O–H groups in total. The van der Waals surface area contributed by atoms with E-state index in [1.54, 1.807) is 6.92 Å². The zero-order valence-corrected chi connectivity index (χ0v) is 6.57. The molecular weight excluding hydrogens is 160 g/mol. The van der Waals surface area contributed by atoms with Gasteiger partial charge in [-0.3, -0.25) is 9.59 Å². The molecule has 1 rings (SSSR count). The van der Waals surface area contributed by atoms with Gasteiger partial charge in [0.25, 0.3) is 0 Å². The number of hydrogen-bond acceptors (Lipinski definition) is 4. The van der Waals surface area contributed by atoms with Gasteiger partial charge in [0, 0.05) is 12.5 Å². The molecule has 0 unspecified atom stereocenters. The van der Waals surface area contributed by atoms with Crippen LogP contribution in [0.4, 0.5) is 0 Å². The molecule has 0 bridgehead atoms. The summed E-state index contributed by atoms with van der Waals surface area (Å²) in [6.45, 7) is 1.67. The fourth-order valence-electron chi connectivity index (χ4n) is 0.674. The Morgan fingerprint density at radius 2 is 2.50 bits per heavy atom. The van der Waals surface area contributed by atoms with Crippen molar-refractivity contribution in [3.63, 3.8) is 0 Å². The van der Waals surface area contributed by atoms with Crippen LogP contribution in [0.25, 0.3) is 0 Å². The van der Waals surface area contributed by atoms with E-state index in [1.165, 1.54) is 12.3 Å². The third kappa shape index (κ3) is 1.72. The van der Waals surface area contributed by atoms with Crippen LogP contribution in [0, 0.1) is 0 Å². The SMILES string of the molecule is CCC(=O)Oc1ccoc1C=O. The van der Waals surface area contributed by atoms with Crippen molar-refractivity contribution in [2.75, 3.05) is 0 Å². The maximum Gasteiger partial charge on any atom is 0.311 e. The van der Waals surface area contributed by atoms with Crippen LogP contribution in [0.3, 0.4) is 0 Å². The Morgan fingerprint density at radius 1 is 1.75 bits per heavy atom. The summed E-state index contributed by atoms with van der Waals surface area (Å²) in [5.74, 6) is -0.173. The lowest BCUT2D eigenvalue weighted by Gasteiger charge is -1.97. The topological polar surface area (TPSA) is 56.5 Å². The Balaban J connectivity index is 2.74. The number of rotatable bonds is 3. The van der Waals surface area contributed by atoms with Crippen molar-refractivity contribution in [2.45, 2.75) is 13.3 Å². The summed E-state index contributed by atoms with van der Waals surface area (Å²) in [6, 6.07) is 1.43. The van der Waals surface area contributed by atoms with E-state index in [-0.39, 0.29) is 23.9 Å². The summed E-state index contributed by atoms with van der Waals surface area (Å²) in [7, 11) is 0. The van der Waals surface area contributed by atoms with Crippen LogP contribution in [0.15, 0.2) is 16.7 Å². The summed E-state index contributed by atoms with van der Waals surface area (Å²) in [5, 5.41) is 0. The van der Waals surface area contributed by atoms with Crippen LogP contribution in [0.1, 0.15) is 23.9 Å². The molecule has 0 spiro atoms. The third-order valence-electron chi connectivity index (χ3n) is 1.28. The van der Waals surface area contributed by atoms with E-state index in [0.717, 1.165) is 0 Å². The van der Waals surface area contributed by atoms with Crippen molar-refractivity contribution < 1.29 is 18.7 Å². The van der Waals surface area contributed by atoms with Gasteiger partial charge < -0.3 is 9.15 Å². The van der Waals surface area contributed by atoms with Gasteiger partial charge in [0.2, 0.25) is 5.76 Å². The summed E-state index contributed by atoms with van der Waals surface area (Å²) in [4.78, 5) is 21.0. The van der Waals surface area contributed by atoms with Crippen molar-refractivity contribution in [2.24, 2.45) is 0 Å². The smallest absolute Gasteiger partial charge is 0.311 e. The first-order valence-corrected chi connectivity index (χ1v) is 3.51. The van der Waals surface area contributed by atoms with Gasteiger partial charge in [0.05, 0.1) is 6.26 Å². The predicted octanol–water partition coefficient (Wildman–Crippen LogP) is 1.41. The van der Waals surface area contributed by atoms with Gasteiger partial charge in [-0.1, -0.05) is 6.92 Å². The number of carbonyl (C=O) groups is 2. The maximum absolute atomic E-state index is 10.8. The lowest BCUT2D eigenvalue weighted by atomic mass is 10.4. The van der Waals surface area contributed by atoms with Gasteiger partial charge in [0.15, 0.2) is 12.0 Å². The number of aldehydes is 1. The Hall–Kier alpha value is -1.58. The van der Waals surface area contributed by atoms with Gasteiger partial charge >= 0.3 is 5.97 Å². The molecule has 0 saturated heterocycles. The molecule has 1 heterocycles. The third-order valence-corrected chi connectivity index (χ3v) is 1.28. The Labute approximate surface area is 69.1 Å². The highest BCUT2D eigenvalue weighted by Gasteiger charge is 2.09.